The molecule has 0 saturated heterocycles. The Morgan fingerprint density at radius 2 is 1.86 bits per heavy atom. The molecule has 3 nitrogen and oxygen atoms in total. The van der Waals surface area contributed by atoms with Gasteiger partial charge in [-0.15, -0.1) is 0 Å². The van der Waals surface area contributed by atoms with Crippen molar-refractivity contribution in [2.45, 2.75) is 51.4 Å². The maximum Gasteiger partial charge on any atom is 0.175 e. The Hall–Kier alpha value is -1.77. The Balaban J connectivity index is 2.10. The first-order valence-electron chi connectivity index (χ1n) is 7.93. The van der Waals surface area contributed by atoms with Gasteiger partial charge >= 0.3 is 0 Å². The molecule has 1 aromatic carbocycles. The van der Waals surface area contributed by atoms with Gasteiger partial charge in [0.15, 0.2) is 11.6 Å². The lowest BCUT2D eigenvalue weighted by atomic mass is 9.74. The van der Waals surface area contributed by atoms with Gasteiger partial charge in [0.1, 0.15) is 0 Å². The zero-order valence-electron chi connectivity index (χ0n) is 12.9. The Morgan fingerprint density at radius 3 is 2.48 bits per heavy atom. The number of hydrogen-bond donors (Lipinski definition) is 1. The highest BCUT2D eigenvalue weighted by Crippen LogP contribution is 2.49. The van der Waals surface area contributed by atoms with Crippen LogP contribution in [0.1, 0.15) is 51.7 Å². The summed E-state index contributed by atoms with van der Waals surface area (Å²) in [6.45, 7) is 4.56. The lowest BCUT2D eigenvalue weighted by Gasteiger charge is -2.29. The summed E-state index contributed by atoms with van der Waals surface area (Å²) in [5.41, 5.74) is 8.37. The summed E-state index contributed by atoms with van der Waals surface area (Å²) in [5, 5.41) is 4.09. The smallest absolute Gasteiger partial charge is 0.175 e. The molecule has 1 aliphatic carbocycles. The molecule has 1 fully saturated rings. The molecule has 1 saturated carbocycles. The number of rotatable bonds is 4. The number of benzene rings is 1. The monoisotopic (exact) mass is 284 g/mol. The van der Waals surface area contributed by atoms with E-state index in [2.05, 4.69) is 31.1 Å². The molecule has 1 heterocycles. The lowest BCUT2D eigenvalue weighted by molar-refractivity contribution is 0.254. The average molecular weight is 284 g/mol. The summed E-state index contributed by atoms with van der Waals surface area (Å²) in [6, 6.07) is 10.3. The first kappa shape index (κ1) is 14.2. The molecule has 0 unspecified atom stereocenters. The maximum atomic E-state index is 6.13. The molecule has 21 heavy (non-hydrogen) atoms. The summed E-state index contributed by atoms with van der Waals surface area (Å²) < 4.78 is 5.76. The molecule has 3 heteroatoms. The van der Waals surface area contributed by atoms with Crippen molar-refractivity contribution in [3.05, 3.63) is 36.1 Å². The van der Waals surface area contributed by atoms with Gasteiger partial charge in [-0.1, -0.05) is 62.2 Å². The minimum absolute atomic E-state index is 0.115. The van der Waals surface area contributed by atoms with Crippen LogP contribution in [0.3, 0.4) is 0 Å². The van der Waals surface area contributed by atoms with E-state index in [0.717, 1.165) is 23.3 Å². The molecular formula is C18H24N2O. The van der Waals surface area contributed by atoms with Crippen LogP contribution in [0.15, 0.2) is 34.9 Å². The topological polar surface area (TPSA) is 52.0 Å². The summed E-state index contributed by atoms with van der Waals surface area (Å²) >= 11 is 0. The predicted molar refractivity (Wildman–Crippen MR) is 86.0 cm³/mol. The molecule has 0 atom stereocenters. The fourth-order valence-electron chi connectivity index (χ4n) is 3.91. The van der Waals surface area contributed by atoms with Crippen molar-refractivity contribution in [2.24, 2.45) is 5.92 Å². The predicted octanol–water partition coefficient (Wildman–Crippen LogP) is 4.78. The molecule has 1 aliphatic rings. The van der Waals surface area contributed by atoms with E-state index >= 15 is 0 Å². The van der Waals surface area contributed by atoms with Crippen molar-refractivity contribution < 1.29 is 4.52 Å². The summed E-state index contributed by atoms with van der Waals surface area (Å²) in [4.78, 5) is 0. The normalized spacial score (nSPS) is 17.5. The van der Waals surface area contributed by atoms with Crippen LogP contribution < -0.4 is 5.73 Å². The number of nitrogens with two attached hydrogens (primary N) is 1. The molecule has 1 aromatic heterocycles. The van der Waals surface area contributed by atoms with Crippen LogP contribution in [-0.2, 0) is 5.41 Å². The molecule has 0 bridgehead atoms. The third-order valence-corrected chi connectivity index (χ3v) is 4.62. The van der Waals surface area contributed by atoms with Crippen LogP contribution >= 0.6 is 0 Å². The van der Waals surface area contributed by atoms with Gasteiger partial charge in [0, 0.05) is 5.41 Å². The zero-order chi connectivity index (χ0) is 14.9. The lowest BCUT2D eigenvalue weighted by Crippen LogP contribution is -2.24. The highest BCUT2D eigenvalue weighted by Gasteiger charge is 2.42. The van der Waals surface area contributed by atoms with E-state index < -0.39 is 0 Å². The van der Waals surface area contributed by atoms with Gasteiger partial charge in [-0.3, -0.25) is 0 Å². The summed E-state index contributed by atoms with van der Waals surface area (Å²) in [7, 11) is 0. The van der Waals surface area contributed by atoms with E-state index in [1.165, 1.54) is 25.7 Å². The van der Waals surface area contributed by atoms with E-state index in [4.69, 9.17) is 10.3 Å². The van der Waals surface area contributed by atoms with Crippen LogP contribution in [-0.4, -0.2) is 5.16 Å². The van der Waals surface area contributed by atoms with Gasteiger partial charge in [-0.05, 0) is 30.7 Å². The number of nitrogens with zero attached hydrogens (tertiary/aromatic N) is 1. The van der Waals surface area contributed by atoms with Crippen molar-refractivity contribution in [3.63, 3.8) is 0 Å². The highest BCUT2D eigenvalue weighted by molar-refractivity contribution is 5.76. The quantitative estimate of drug-likeness (QED) is 0.878. The highest BCUT2D eigenvalue weighted by atomic mass is 16.5. The van der Waals surface area contributed by atoms with E-state index in [-0.39, 0.29) is 5.41 Å². The molecule has 0 amide bonds. The van der Waals surface area contributed by atoms with Crippen molar-refractivity contribution in [1.29, 1.82) is 0 Å². The minimum Gasteiger partial charge on any atom is -0.380 e. The molecule has 0 aliphatic heterocycles. The van der Waals surface area contributed by atoms with Crippen LogP contribution in [0.25, 0.3) is 11.1 Å². The van der Waals surface area contributed by atoms with E-state index in [1.54, 1.807) is 0 Å². The van der Waals surface area contributed by atoms with E-state index in [9.17, 15) is 0 Å². The molecule has 2 N–H and O–H groups in total. The second kappa shape index (κ2) is 5.55. The first-order chi connectivity index (χ1) is 10.1. The molecule has 3 rings (SSSR count). The van der Waals surface area contributed by atoms with Gasteiger partial charge in [0.25, 0.3) is 0 Å². The third kappa shape index (κ3) is 2.57. The van der Waals surface area contributed by atoms with Crippen LogP contribution in [0.2, 0.25) is 0 Å². The van der Waals surface area contributed by atoms with Crippen molar-refractivity contribution in [3.8, 4) is 11.1 Å². The largest absolute Gasteiger partial charge is 0.380 e. The Bertz CT molecular complexity index is 595. The minimum atomic E-state index is 0.115. The van der Waals surface area contributed by atoms with E-state index in [0.29, 0.717) is 11.7 Å². The number of nitrogen functional groups attached to an aromatic ring is 1. The van der Waals surface area contributed by atoms with E-state index in [1.807, 2.05) is 18.2 Å². The van der Waals surface area contributed by atoms with Gasteiger partial charge < -0.3 is 10.3 Å². The number of aromatic nitrogens is 1. The van der Waals surface area contributed by atoms with Gasteiger partial charge in [0.05, 0.1) is 5.56 Å². The third-order valence-electron chi connectivity index (χ3n) is 4.62. The van der Waals surface area contributed by atoms with Gasteiger partial charge in [-0.2, -0.15) is 0 Å². The molecule has 112 valence electrons. The van der Waals surface area contributed by atoms with Crippen molar-refractivity contribution >= 4 is 5.82 Å². The zero-order valence-corrected chi connectivity index (χ0v) is 12.9. The molecule has 2 aromatic rings. The fourth-order valence-corrected chi connectivity index (χ4v) is 3.91. The second-order valence-electron chi connectivity index (χ2n) is 6.72. The number of hydrogen-bond acceptors (Lipinski definition) is 3. The molecular weight excluding hydrogens is 260 g/mol. The van der Waals surface area contributed by atoms with Crippen LogP contribution in [0, 0.1) is 5.92 Å². The standard InChI is InChI=1S/C18H24N2O/c1-13(2)12-18(10-6-7-11-18)16-15(17(19)20-21-16)14-8-4-3-5-9-14/h3-5,8-9,13H,6-7,10-12H2,1-2H3,(H2,19,20). The van der Waals surface area contributed by atoms with Gasteiger partial charge in [0.2, 0.25) is 0 Å². The molecule has 0 spiro atoms. The Labute approximate surface area is 126 Å². The second-order valence-corrected chi connectivity index (χ2v) is 6.72. The first-order valence-corrected chi connectivity index (χ1v) is 7.93. The Kier molecular flexibility index (Phi) is 3.75. The summed E-state index contributed by atoms with van der Waals surface area (Å²) in [6.07, 6.45) is 6.03. The fraction of sp³-hybridized carbons (Fsp3) is 0.500. The van der Waals surface area contributed by atoms with Gasteiger partial charge in [-0.25, -0.2) is 0 Å². The van der Waals surface area contributed by atoms with Crippen molar-refractivity contribution in [1.82, 2.24) is 5.16 Å². The van der Waals surface area contributed by atoms with Crippen LogP contribution in [0.5, 0.6) is 0 Å². The molecule has 0 radical (unpaired) electrons. The SMILES string of the molecule is CC(C)CC1(c2onc(N)c2-c2ccccc2)CCCC1. The summed E-state index contributed by atoms with van der Waals surface area (Å²) in [5.74, 6) is 2.17. The maximum absolute atomic E-state index is 6.13. The Morgan fingerprint density at radius 1 is 1.19 bits per heavy atom. The van der Waals surface area contributed by atoms with Crippen LogP contribution in [0.4, 0.5) is 5.82 Å². The van der Waals surface area contributed by atoms with Crippen molar-refractivity contribution in [2.75, 3.05) is 5.73 Å². The average Bonchev–Trinajstić information content (AvgIpc) is 3.07. The number of anilines is 1.